The third-order valence-electron chi connectivity index (χ3n) is 3.45. The van der Waals surface area contributed by atoms with Gasteiger partial charge in [-0.3, -0.25) is 9.48 Å². The molecule has 112 valence electrons. The number of hydrogen-bond donors (Lipinski definition) is 0. The van der Waals surface area contributed by atoms with E-state index in [4.69, 9.17) is 0 Å². The van der Waals surface area contributed by atoms with Crippen molar-refractivity contribution in [2.75, 3.05) is 0 Å². The summed E-state index contributed by atoms with van der Waals surface area (Å²) in [6.07, 6.45) is 0.653. The van der Waals surface area contributed by atoms with Crippen LogP contribution >= 0.6 is 0 Å². The topological polar surface area (TPSA) is 52.0 Å². The van der Waals surface area contributed by atoms with Crippen LogP contribution in [-0.2, 0) is 21.5 Å². The van der Waals surface area contributed by atoms with Crippen molar-refractivity contribution in [1.29, 1.82) is 0 Å². The number of aryl methyl sites for hydroxylation is 1. The number of halogens is 2. The largest absolute Gasteiger partial charge is 0.302 e. The minimum Gasteiger partial charge on any atom is -0.302 e. The lowest BCUT2D eigenvalue weighted by Gasteiger charge is -2.21. The van der Waals surface area contributed by atoms with Crippen molar-refractivity contribution in [3.63, 3.8) is 0 Å². The Morgan fingerprint density at radius 3 is 2.60 bits per heavy atom. The first-order chi connectivity index (χ1) is 9.40. The van der Waals surface area contributed by atoms with Gasteiger partial charge in [-0.25, -0.2) is 8.78 Å². The van der Waals surface area contributed by atoms with Crippen LogP contribution in [-0.4, -0.2) is 21.8 Å². The van der Waals surface area contributed by atoms with Gasteiger partial charge in [0.2, 0.25) is 0 Å². The number of carbonyl (C=O) groups excluding carboxylic acids is 2. The molecule has 0 radical (unpaired) electrons. The number of aromatic nitrogens is 2. The molecule has 1 rings (SSSR count). The van der Waals surface area contributed by atoms with Crippen LogP contribution < -0.4 is 0 Å². The van der Waals surface area contributed by atoms with Crippen molar-refractivity contribution in [3.05, 3.63) is 17.5 Å². The highest BCUT2D eigenvalue weighted by Crippen LogP contribution is 2.32. The molecule has 0 N–H and O–H groups in total. The second-order valence-corrected chi connectivity index (χ2v) is 4.93. The average Bonchev–Trinajstić information content (AvgIpc) is 2.88. The van der Waals surface area contributed by atoms with Gasteiger partial charge in [0, 0.05) is 24.7 Å². The molecule has 1 aromatic rings. The third-order valence-corrected chi connectivity index (χ3v) is 3.45. The normalized spacial score (nSPS) is 14.3. The van der Waals surface area contributed by atoms with Gasteiger partial charge in [0.25, 0.3) is 6.43 Å². The number of alkyl halides is 2. The van der Waals surface area contributed by atoms with Gasteiger partial charge < -0.3 is 4.79 Å². The molecule has 1 unspecified atom stereocenters. The molecule has 1 heterocycles. The van der Waals surface area contributed by atoms with Gasteiger partial charge >= 0.3 is 0 Å². The van der Waals surface area contributed by atoms with Crippen molar-refractivity contribution in [3.8, 4) is 0 Å². The highest BCUT2D eigenvalue weighted by atomic mass is 19.3. The number of hydrogen-bond acceptors (Lipinski definition) is 3. The molecule has 4 nitrogen and oxygen atoms in total. The van der Waals surface area contributed by atoms with Gasteiger partial charge in [-0.15, -0.1) is 0 Å². The molecule has 0 spiro atoms. The minimum atomic E-state index is -2.81. The lowest BCUT2D eigenvalue weighted by molar-refractivity contribution is -0.129. The molecular formula is C14H20F2N2O2. The molecule has 0 fully saturated rings. The van der Waals surface area contributed by atoms with Crippen LogP contribution in [0.15, 0.2) is 6.20 Å². The summed E-state index contributed by atoms with van der Waals surface area (Å²) in [5, 5.41) is 3.76. The van der Waals surface area contributed by atoms with Crippen LogP contribution in [0.25, 0.3) is 0 Å². The monoisotopic (exact) mass is 286 g/mol. The zero-order valence-electron chi connectivity index (χ0n) is 12.0. The van der Waals surface area contributed by atoms with Crippen molar-refractivity contribution in [1.82, 2.24) is 9.78 Å². The van der Waals surface area contributed by atoms with E-state index in [0.29, 0.717) is 19.3 Å². The van der Waals surface area contributed by atoms with Crippen LogP contribution in [0.3, 0.4) is 0 Å². The lowest BCUT2D eigenvalue weighted by atomic mass is 9.78. The lowest BCUT2D eigenvalue weighted by Crippen LogP contribution is -2.35. The van der Waals surface area contributed by atoms with E-state index in [1.165, 1.54) is 17.8 Å². The molecule has 0 saturated heterocycles. The van der Waals surface area contributed by atoms with Crippen LogP contribution in [0, 0.1) is 0 Å². The van der Waals surface area contributed by atoms with E-state index in [0.717, 1.165) is 6.42 Å². The molecule has 1 aromatic heterocycles. The van der Waals surface area contributed by atoms with Crippen LogP contribution in [0.1, 0.15) is 57.7 Å². The van der Waals surface area contributed by atoms with E-state index in [9.17, 15) is 18.4 Å². The fourth-order valence-corrected chi connectivity index (χ4v) is 2.04. The quantitative estimate of drug-likeness (QED) is 0.545. The summed E-state index contributed by atoms with van der Waals surface area (Å²) >= 11 is 0. The van der Waals surface area contributed by atoms with Gasteiger partial charge in [0.15, 0.2) is 0 Å². The summed E-state index contributed by atoms with van der Waals surface area (Å²) in [7, 11) is 0. The number of rotatable bonds is 8. The van der Waals surface area contributed by atoms with Crippen molar-refractivity contribution in [2.45, 2.75) is 58.4 Å². The predicted octanol–water partition coefficient (Wildman–Crippen LogP) is 3.06. The molecule has 0 aliphatic rings. The maximum absolute atomic E-state index is 13.1. The molecule has 0 saturated carbocycles. The van der Waals surface area contributed by atoms with Crippen molar-refractivity contribution < 1.29 is 18.4 Å². The standard InChI is InChI=1S/C14H20F2N2O2/c1-4-6-7-11(20)14(3,9-19)10-8-18(5-2)17-12(10)13(15)16/h8-9,13H,4-7H2,1-3H3. The molecule has 0 bridgehead atoms. The third kappa shape index (κ3) is 3.11. The van der Waals surface area contributed by atoms with Crippen molar-refractivity contribution >= 4 is 12.1 Å². The average molecular weight is 286 g/mol. The van der Waals surface area contributed by atoms with E-state index >= 15 is 0 Å². The number of carbonyl (C=O) groups is 2. The first-order valence-corrected chi connectivity index (χ1v) is 6.76. The number of unbranched alkanes of at least 4 members (excludes halogenated alkanes) is 1. The van der Waals surface area contributed by atoms with Gasteiger partial charge in [-0.2, -0.15) is 5.10 Å². The minimum absolute atomic E-state index is 0.0189. The molecular weight excluding hydrogens is 266 g/mol. The summed E-state index contributed by atoms with van der Waals surface area (Å²) in [6, 6.07) is 0. The Morgan fingerprint density at radius 2 is 2.15 bits per heavy atom. The van der Waals surface area contributed by atoms with E-state index in [-0.39, 0.29) is 17.8 Å². The number of Topliss-reactive ketones (excluding diaryl/α,β-unsaturated/α-hetero) is 1. The van der Waals surface area contributed by atoms with Gasteiger partial charge in [0.05, 0.1) is 0 Å². The Balaban J connectivity index is 3.25. The zero-order chi connectivity index (χ0) is 15.3. The molecule has 20 heavy (non-hydrogen) atoms. The summed E-state index contributed by atoms with van der Waals surface area (Å²) in [4.78, 5) is 23.6. The SMILES string of the molecule is CCCCC(=O)C(C)(C=O)c1cn(CC)nc1C(F)F. The smallest absolute Gasteiger partial charge is 0.282 e. The van der Waals surface area contributed by atoms with Crippen molar-refractivity contribution in [2.24, 2.45) is 0 Å². The molecule has 1 atom stereocenters. The predicted molar refractivity (Wildman–Crippen MR) is 70.8 cm³/mol. The van der Waals surface area contributed by atoms with E-state index in [1.54, 1.807) is 6.92 Å². The fraction of sp³-hybridized carbons (Fsp3) is 0.643. The van der Waals surface area contributed by atoms with Crippen LogP contribution in [0.2, 0.25) is 0 Å². The zero-order valence-corrected chi connectivity index (χ0v) is 12.0. The Bertz CT molecular complexity index is 486. The van der Waals surface area contributed by atoms with Gasteiger partial charge in [-0.1, -0.05) is 13.3 Å². The maximum atomic E-state index is 13.1. The second-order valence-electron chi connectivity index (χ2n) is 4.93. The number of ketones is 1. The van der Waals surface area contributed by atoms with E-state index in [1.807, 2.05) is 6.92 Å². The summed E-state index contributed by atoms with van der Waals surface area (Å²) in [5.74, 6) is -0.341. The maximum Gasteiger partial charge on any atom is 0.282 e. The number of aldehydes is 1. The Hall–Kier alpha value is -1.59. The van der Waals surface area contributed by atoms with Crippen LogP contribution in [0.4, 0.5) is 8.78 Å². The van der Waals surface area contributed by atoms with Crippen LogP contribution in [0.5, 0.6) is 0 Å². The molecule has 6 heteroatoms. The first-order valence-electron chi connectivity index (χ1n) is 6.76. The molecule has 0 amide bonds. The number of nitrogens with zero attached hydrogens (tertiary/aromatic N) is 2. The molecule has 0 aromatic carbocycles. The van der Waals surface area contributed by atoms with Gasteiger partial charge in [0.1, 0.15) is 23.2 Å². The summed E-state index contributed by atoms with van der Waals surface area (Å²) in [5.41, 5.74) is -2.01. The molecule has 0 aliphatic carbocycles. The van der Waals surface area contributed by atoms with E-state index in [2.05, 4.69) is 5.10 Å². The molecule has 0 aliphatic heterocycles. The van der Waals surface area contributed by atoms with E-state index < -0.39 is 17.5 Å². The fourth-order valence-electron chi connectivity index (χ4n) is 2.04. The second kappa shape index (κ2) is 6.72. The summed E-state index contributed by atoms with van der Waals surface area (Å²) < 4.78 is 27.4. The Morgan fingerprint density at radius 1 is 1.50 bits per heavy atom. The first kappa shape index (κ1) is 16.5. The Kier molecular flexibility index (Phi) is 5.53. The highest BCUT2D eigenvalue weighted by Gasteiger charge is 2.39. The van der Waals surface area contributed by atoms with Gasteiger partial charge in [-0.05, 0) is 20.3 Å². The highest BCUT2D eigenvalue weighted by molar-refractivity contribution is 6.04. The summed E-state index contributed by atoms with van der Waals surface area (Å²) in [6.45, 7) is 5.47. The Labute approximate surface area is 117 Å².